The molecule has 82 valence electrons. The lowest BCUT2D eigenvalue weighted by Crippen LogP contribution is -2.09. The largest absolute Gasteiger partial charge is 0.419 e. The highest BCUT2D eigenvalue weighted by Gasteiger charge is 2.34. The molecular formula is C8H5F4NO2. The molecule has 0 unspecified atom stereocenters. The summed E-state index contributed by atoms with van der Waals surface area (Å²) in [7, 11) is 0. The van der Waals surface area contributed by atoms with Gasteiger partial charge in [-0.25, -0.2) is 4.39 Å². The number of rotatable bonds is 2. The highest BCUT2D eigenvalue weighted by atomic mass is 19.4. The van der Waals surface area contributed by atoms with Crippen molar-refractivity contribution in [1.29, 1.82) is 0 Å². The van der Waals surface area contributed by atoms with Gasteiger partial charge in [-0.3, -0.25) is 10.1 Å². The lowest BCUT2D eigenvalue weighted by molar-refractivity contribution is -0.496. The summed E-state index contributed by atoms with van der Waals surface area (Å²) in [6, 6.07) is 1.90. The van der Waals surface area contributed by atoms with Crippen LogP contribution < -0.4 is 0 Å². The van der Waals surface area contributed by atoms with Crippen molar-refractivity contribution >= 4 is 0 Å². The average Bonchev–Trinajstić information content (AvgIpc) is 1.99. The van der Waals surface area contributed by atoms with Crippen LogP contribution in [0.25, 0.3) is 0 Å². The molecule has 0 spiro atoms. The van der Waals surface area contributed by atoms with Crippen molar-refractivity contribution in [2.75, 3.05) is 0 Å². The summed E-state index contributed by atoms with van der Waals surface area (Å²) in [5.41, 5.74) is -1.53. The molecule has 0 aliphatic rings. The molecule has 0 saturated carbocycles. The van der Waals surface area contributed by atoms with Crippen molar-refractivity contribution in [2.24, 2.45) is 0 Å². The van der Waals surface area contributed by atoms with E-state index in [9.17, 15) is 27.7 Å². The smallest absolute Gasteiger partial charge is 0.264 e. The number of hydrogen-bond acceptors (Lipinski definition) is 2. The molecule has 7 heteroatoms. The second-order valence-corrected chi connectivity index (χ2v) is 2.80. The molecule has 15 heavy (non-hydrogen) atoms. The van der Waals surface area contributed by atoms with Crippen molar-refractivity contribution in [3.63, 3.8) is 0 Å². The zero-order chi connectivity index (χ0) is 11.6. The Morgan fingerprint density at radius 3 is 2.33 bits per heavy atom. The van der Waals surface area contributed by atoms with E-state index in [0.29, 0.717) is 12.1 Å². The van der Waals surface area contributed by atoms with Gasteiger partial charge in [0, 0.05) is 10.5 Å². The zero-order valence-electron chi connectivity index (χ0n) is 7.21. The van der Waals surface area contributed by atoms with Crippen molar-refractivity contribution in [1.82, 2.24) is 0 Å². The monoisotopic (exact) mass is 223 g/mol. The predicted octanol–water partition coefficient (Wildman–Crippen LogP) is 2.62. The molecular weight excluding hydrogens is 218 g/mol. The van der Waals surface area contributed by atoms with Crippen LogP contribution in [0.15, 0.2) is 18.2 Å². The Morgan fingerprint density at radius 2 is 1.93 bits per heavy atom. The molecule has 1 aromatic rings. The van der Waals surface area contributed by atoms with E-state index in [1.165, 1.54) is 0 Å². The van der Waals surface area contributed by atoms with E-state index in [-0.39, 0.29) is 5.56 Å². The fourth-order valence-corrected chi connectivity index (χ4v) is 1.04. The van der Waals surface area contributed by atoms with E-state index in [1.54, 1.807) is 0 Å². The van der Waals surface area contributed by atoms with Crippen LogP contribution in [0.2, 0.25) is 0 Å². The van der Waals surface area contributed by atoms with Crippen LogP contribution in [0.4, 0.5) is 17.6 Å². The van der Waals surface area contributed by atoms with Crippen LogP contribution in [0.5, 0.6) is 0 Å². The molecule has 0 atom stereocenters. The molecule has 0 aromatic heterocycles. The highest BCUT2D eigenvalue weighted by molar-refractivity contribution is 5.26. The van der Waals surface area contributed by atoms with Gasteiger partial charge in [0.25, 0.3) is 0 Å². The van der Waals surface area contributed by atoms with Crippen LogP contribution in [0, 0.1) is 15.9 Å². The van der Waals surface area contributed by atoms with Gasteiger partial charge in [-0.05, 0) is 12.1 Å². The Morgan fingerprint density at radius 1 is 1.33 bits per heavy atom. The Labute approximate surface area is 81.5 Å². The molecule has 0 heterocycles. The van der Waals surface area contributed by atoms with Crippen LogP contribution in [0.3, 0.4) is 0 Å². The van der Waals surface area contributed by atoms with Crippen molar-refractivity contribution in [3.8, 4) is 0 Å². The van der Waals surface area contributed by atoms with E-state index in [1.807, 2.05) is 0 Å². The predicted molar refractivity (Wildman–Crippen MR) is 42.1 cm³/mol. The molecule has 0 N–H and O–H groups in total. The van der Waals surface area contributed by atoms with E-state index in [2.05, 4.69) is 0 Å². The molecule has 0 aliphatic carbocycles. The van der Waals surface area contributed by atoms with Crippen molar-refractivity contribution < 1.29 is 22.5 Å². The molecule has 0 radical (unpaired) electrons. The minimum Gasteiger partial charge on any atom is -0.264 e. The van der Waals surface area contributed by atoms with E-state index in [0.717, 1.165) is 6.07 Å². The number of halogens is 4. The number of nitrogens with zero attached hydrogens (tertiary/aromatic N) is 1. The topological polar surface area (TPSA) is 43.1 Å². The first kappa shape index (κ1) is 11.4. The van der Waals surface area contributed by atoms with Crippen LogP contribution >= 0.6 is 0 Å². The number of alkyl halides is 3. The maximum absolute atomic E-state index is 12.9. The number of benzene rings is 1. The third-order valence-electron chi connectivity index (χ3n) is 1.65. The van der Waals surface area contributed by atoms with Gasteiger partial charge < -0.3 is 0 Å². The number of hydrogen-bond donors (Lipinski definition) is 0. The van der Waals surface area contributed by atoms with Gasteiger partial charge in [0.2, 0.25) is 6.54 Å². The third-order valence-corrected chi connectivity index (χ3v) is 1.65. The molecule has 0 fully saturated rings. The Hall–Kier alpha value is -1.66. The van der Waals surface area contributed by atoms with Crippen LogP contribution in [0.1, 0.15) is 11.1 Å². The quantitative estimate of drug-likeness (QED) is 0.439. The summed E-state index contributed by atoms with van der Waals surface area (Å²) in [5, 5.41) is 10.0. The van der Waals surface area contributed by atoms with Gasteiger partial charge in [-0.2, -0.15) is 13.2 Å². The van der Waals surface area contributed by atoms with Crippen molar-refractivity contribution in [2.45, 2.75) is 12.7 Å². The lowest BCUT2D eigenvalue weighted by atomic mass is 10.1. The Balaban J connectivity index is 3.04. The number of nitro groups is 1. The first-order valence-corrected chi connectivity index (χ1v) is 3.78. The van der Waals surface area contributed by atoms with Crippen molar-refractivity contribution in [3.05, 3.63) is 45.3 Å². The van der Waals surface area contributed by atoms with Gasteiger partial charge in [0.15, 0.2) is 0 Å². The highest BCUT2D eigenvalue weighted by Crippen LogP contribution is 2.31. The minimum absolute atomic E-state index is 0.106. The van der Waals surface area contributed by atoms with Gasteiger partial charge in [-0.1, -0.05) is 6.07 Å². The van der Waals surface area contributed by atoms with E-state index < -0.39 is 29.0 Å². The van der Waals surface area contributed by atoms with Gasteiger partial charge >= 0.3 is 6.18 Å². The van der Waals surface area contributed by atoms with Crippen LogP contribution in [-0.4, -0.2) is 4.92 Å². The normalized spacial score (nSPS) is 11.5. The maximum atomic E-state index is 12.9. The maximum Gasteiger partial charge on any atom is 0.419 e. The minimum atomic E-state index is -4.78. The molecule has 0 aliphatic heterocycles. The molecule has 1 rings (SSSR count). The summed E-state index contributed by atoms with van der Waals surface area (Å²) in [6.45, 7) is -0.699. The first-order chi connectivity index (χ1) is 6.80. The summed E-state index contributed by atoms with van der Waals surface area (Å²) in [6.07, 6.45) is -4.78. The SMILES string of the molecule is O=[N+]([O-])Cc1ccc(C(F)(F)F)c(F)c1. The zero-order valence-corrected chi connectivity index (χ0v) is 7.21. The second-order valence-electron chi connectivity index (χ2n) is 2.80. The molecule has 0 saturated heterocycles. The fraction of sp³-hybridized carbons (Fsp3) is 0.250. The van der Waals surface area contributed by atoms with Crippen LogP contribution in [-0.2, 0) is 12.7 Å². The molecule has 1 aromatic carbocycles. The summed E-state index contributed by atoms with van der Waals surface area (Å²) in [4.78, 5) is 9.27. The second kappa shape index (κ2) is 3.84. The Kier molecular flexibility index (Phi) is 2.92. The summed E-state index contributed by atoms with van der Waals surface area (Å²) >= 11 is 0. The summed E-state index contributed by atoms with van der Waals surface area (Å²) in [5.74, 6) is -1.50. The Bertz CT molecular complexity index is 389. The third kappa shape index (κ3) is 2.90. The van der Waals surface area contributed by atoms with E-state index in [4.69, 9.17) is 0 Å². The molecule has 3 nitrogen and oxygen atoms in total. The molecule has 0 amide bonds. The molecule has 0 bridgehead atoms. The lowest BCUT2D eigenvalue weighted by Gasteiger charge is -2.07. The fourth-order valence-electron chi connectivity index (χ4n) is 1.04. The van der Waals surface area contributed by atoms with Gasteiger partial charge in [0.1, 0.15) is 5.82 Å². The van der Waals surface area contributed by atoms with E-state index >= 15 is 0 Å². The standard InChI is InChI=1S/C8H5F4NO2/c9-7-3-5(4-13(14)15)1-2-6(7)8(10,11)12/h1-3H,4H2. The van der Waals surface area contributed by atoms with Gasteiger partial charge in [0.05, 0.1) is 5.56 Å². The average molecular weight is 223 g/mol. The summed E-state index contributed by atoms with van der Waals surface area (Å²) < 4.78 is 49.1. The van der Waals surface area contributed by atoms with Gasteiger partial charge in [-0.15, -0.1) is 0 Å². The first-order valence-electron chi connectivity index (χ1n) is 3.78.